The van der Waals surface area contributed by atoms with E-state index in [4.69, 9.17) is 0 Å². The predicted octanol–water partition coefficient (Wildman–Crippen LogP) is 4.83. The fourth-order valence-corrected chi connectivity index (χ4v) is 5.90. The highest BCUT2D eigenvalue weighted by Gasteiger charge is 2.53. The Morgan fingerprint density at radius 2 is 1.90 bits per heavy atom. The van der Waals surface area contributed by atoms with Crippen molar-refractivity contribution in [3.05, 3.63) is 23.3 Å². The second kappa shape index (κ2) is 4.08. The minimum Gasteiger partial charge on any atom is -0.294 e. The molecule has 0 bridgehead atoms. The maximum absolute atomic E-state index is 12.2. The Hall–Kier alpha value is -0.850. The summed E-state index contributed by atoms with van der Waals surface area (Å²) in [6.45, 7) is 4.74. The Kier molecular flexibility index (Phi) is 2.63. The largest absolute Gasteiger partial charge is 0.294 e. The third kappa shape index (κ3) is 1.47. The number of fused-ring (bicyclic) bond motifs is 4. The Morgan fingerprint density at radius 1 is 1.05 bits per heavy atom. The molecule has 0 aromatic heterocycles. The second-order valence-corrected chi connectivity index (χ2v) is 8.05. The van der Waals surface area contributed by atoms with Crippen molar-refractivity contribution in [2.75, 3.05) is 0 Å². The van der Waals surface area contributed by atoms with Gasteiger partial charge in [-0.05, 0) is 74.3 Å². The Morgan fingerprint density at radius 3 is 2.75 bits per heavy atom. The molecule has 4 rings (SSSR count). The summed E-state index contributed by atoms with van der Waals surface area (Å²) in [5, 5.41) is 0. The molecule has 1 heteroatoms. The molecule has 20 heavy (non-hydrogen) atoms. The maximum Gasteiger partial charge on any atom is 0.165 e. The lowest BCUT2D eigenvalue weighted by atomic mass is 9.50. The molecule has 0 heterocycles. The minimum absolute atomic E-state index is 0.163. The van der Waals surface area contributed by atoms with Gasteiger partial charge in [0.25, 0.3) is 0 Å². The first-order chi connectivity index (χ1) is 9.56. The molecule has 2 fully saturated rings. The zero-order valence-corrected chi connectivity index (χ0v) is 12.9. The fraction of sp³-hybridized carbons (Fsp3) is 0.737. The Labute approximate surface area is 122 Å². The fourth-order valence-electron chi connectivity index (χ4n) is 5.90. The third-order valence-corrected chi connectivity index (χ3v) is 7.25. The van der Waals surface area contributed by atoms with Crippen molar-refractivity contribution in [1.29, 1.82) is 0 Å². The lowest BCUT2D eigenvalue weighted by Gasteiger charge is -2.55. The van der Waals surface area contributed by atoms with Gasteiger partial charge in [0, 0.05) is 0 Å². The van der Waals surface area contributed by atoms with Gasteiger partial charge < -0.3 is 0 Å². The van der Waals surface area contributed by atoms with E-state index >= 15 is 0 Å². The van der Waals surface area contributed by atoms with E-state index in [-0.39, 0.29) is 5.41 Å². The van der Waals surface area contributed by atoms with E-state index in [9.17, 15) is 4.79 Å². The minimum atomic E-state index is -0.163. The molecule has 1 unspecified atom stereocenters. The molecule has 108 valence electrons. The van der Waals surface area contributed by atoms with E-state index in [0.717, 1.165) is 18.3 Å². The van der Waals surface area contributed by atoms with Gasteiger partial charge in [-0.25, -0.2) is 0 Å². The molecule has 4 atom stereocenters. The summed E-state index contributed by atoms with van der Waals surface area (Å²) in [7, 11) is 0. The standard InChI is InChI=1S/C19H26O/c1-18-11-4-3-5-13(18)6-7-14-15-8-9-17(20)19(15,2)12-10-16(14)18/h8-9,13,16H,3-7,10-12H2,1-2H3/t13?,16-,18-,19-/m0/s1. The molecule has 1 nitrogen and oxygen atoms in total. The van der Waals surface area contributed by atoms with Gasteiger partial charge in [0.15, 0.2) is 5.78 Å². The van der Waals surface area contributed by atoms with E-state index in [1.165, 1.54) is 50.5 Å². The quantitative estimate of drug-likeness (QED) is 0.616. The average molecular weight is 270 g/mol. The predicted molar refractivity (Wildman–Crippen MR) is 81.3 cm³/mol. The summed E-state index contributed by atoms with van der Waals surface area (Å²) < 4.78 is 0. The number of carbonyl (C=O) groups excluding carboxylic acids is 1. The molecular weight excluding hydrogens is 244 g/mol. The molecule has 4 aliphatic rings. The normalized spacial score (nSPS) is 47.0. The number of hydrogen-bond donors (Lipinski definition) is 0. The van der Waals surface area contributed by atoms with Crippen LogP contribution in [0.5, 0.6) is 0 Å². The van der Waals surface area contributed by atoms with Gasteiger partial charge in [-0.1, -0.05) is 31.4 Å². The molecule has 0 aliphatic heterocycles. The first kappa shape index (κ1) is 12.9. The molecule has 0 aromatic carbocycles. The summed E-state index contributed by atoms with van der Waals surface area (Å²) in [6.07, 6.45) is 14.7. The third-order valence-electron chi connectivity index (χ3n) is 7.25. The van der Waals surface area contributed by atoms with Crippen LogP contribution in [0.3, 0.4) is 0 Å². The number of ketones is 1. The van der Waals surface area contributed by atoms with Gasteiger partial charge in [-0.3, -0.25) is 4.79 Å². The van der Waals surface area contributed by atoms with Crippen molar-refractivity contribution in [1.82, 2.24) is 0 Å². The molecule has 2 saturated carbocycles. The van der Waals surface area contributed by atoms with Crippen LogP contribution in [-0.2, 0) is 4.79 Å². The Bertz CT molecular complexity index is 526. The Balaban J connectivity index is 1.80. The molecular formula is C19H26O. The van der Waals surface area contributed by atoms with Gasteiger partial charge in [-0.15, -0.1) is 0 Å². The molecule has 0 saturated heterocycles. The van der Waals surface area contributed by atoms with Gasteiger partial charge in [0.1, 0.15) is 0 Å². The van der Waals surface area contributed by atoms with Crippen LogP contribution in [0.15, 0.2) is 23.3 Å². The smallest absolute Gasteiger partial charge is 0.165 e. The van der Waals surface area contributed by atoms with Crippen molar-refractivity contribution in [3.8, 4) is 0 Å². The van der Waals surface area contributed by atoms with E-state index in [1.807, 2.05) is 6.08 Å². The molecule has 0 radical (unpaired) electrons. The molecule has 0 aromatic rings. The van der Waals surface area contributed by atoms with Crippen molar-refractivity contribution >= 4 is 5.78 Å². The number of hydrogen-bond acceptors (Lipinski definition) is 1. The van der Waals surface area contributed by atoms with E-state index in [1.54, 1.807) is 5.57 Å². The van der Waals surface area contributed by atoms with Crippen LogP contribution >= 0.6 is 0 Å². The highest BCUT2D eigenvalue weighted by Crippen LogP contribution is 2.61. The highest BCUT2D eigenvalue weighted by atomic mass is 16.1. The summed E-state index contributed by atoms with van der Waals surface area (Å²) in [4.78, 5) is 12.2. The molecule has 0 spiro atoms. The number of rotatable bonds is 0. The monoisotopic (exact) mass is 270 g/mol. The van der Waals surface area contributed by atoms with Crippen molar-refractivity contribution in [3.63, 3.8) is 0 Å². The first-order valence-electron chi connectivity index (χ1n) is 8.52. The molecule has 0 amide bonds. The van der Waals surface area contributed by atoms with Crippen LogP contribution in [0.2, 0.25) is 0 Å². The summed E-state index contributed by atoms with van der Waals surface area (Å²) in [6, 6.07) is 0. The lowest BCUT2D eigenvalue weighted by Crippen LogP contribution is -2.46. The van der Waals surface area contributed by atoms with E-state index in [0.29, 0.717) is 11.2 Å². The number of carbonyl (C=O) groups is 1. The summed E-state index contributed by atoms with van der Waals surface area (Å²) in [5.41, 5.74) is 3.45. The summed E-state index contributed by atoms with van der Waals surface area (Å²) in [5.74, 6) is 2.06. The van der Waals surface area contributed by atoms with E-state index in [2.05, 4.69) is 19.9 Å². The van der Waals surface area contributed by atoms with Crippen LogP contribution < -0.4 is 0 Å². The highest BCUT2D eigenvalue weighted by molar-refractivity contribution is 6.01. The average Bonchev–Trinajstić information content (AvgIpc) is 2.74. The summed E-state index contributed by atoms with van der Waals surface area (Å²) >= 11 is 0. The van der Waals surface area contributed by atoms with Crippen molar-refractivity contribution in [2.45, 2.75) is 65.2 Å². The lowest BCUT2D eigenvalue weighted by molar-refractivity contribution is -0.121. The molecule has 4 aliphatic carbocycles. The van der Waals surface area contributed by atoms with Crippen LogP contribution in [0.1, 0.15) is 65.2 Å². The van der Waals surface area contributed by atoms with Crippen LogP contribution in [0.25, 0.3) is 0 Å². The second-order valence-electron chi connectivity index (χ2n) is 8.05. The SMILES string of the molecule is C[C@]12CC[C@H]3C(=C1C=CC2=O)CCC1CCCC[C@@]13C. The number of allylic oxidation sites excluding steroid dienone is 4. The van der Waals surface area contributed by atoms with Gasteiger partial charge in [0.05, 0.1) is 5.41 Å². The topological polar surface area (TPSA) is 17.1 Å². The zero-order valence-electron chi connectivity index (χ0n) is 12.9. The van der Waals surface area contributed by atoms with Crippen LogP contribution in [0, 0.1) is 22.7 Å². The van der Waals surface area contributed by atoms with Gasteiger partial charge in [0.2, 0.25) is 0 Å². The molecule has 0 N–H and O–H groups in total. The van der Waals surface area contributed by atoms with Crippen molar-refractivity contribution in [2.24, 2.45) is 22.7 Å². The van der Waals surface area contributed by atoms with Crippen LogP contribution in [0.4, 0.5) is 0 Å². The van der Waals surface area contributed by atoms with Gasteiger partial charge >= 0.3 is 0 Å². The van der Waals surface area contributed by atoms with Crippen molar-refractivity contribution < 1.29 is 4.79 Å². The maximum atomic E-state index is 12.2. The first-order valence-corrected chi connectivity index (χ1v) is 8.52. The zero-order chi connectivity index (χ0) is 14.0. The van der Waals surface area contributed by atoms with Gasteiger partial charge in [-0.2, -0.15) is 0 Å². The van der Waals surface area contributed by atoms with E-state index < -0.39 is 0 Å². The van der Waals surface area contributed by atoms with Crippen LogP contribution in [-0.4, -0.2) is 5.78 Å².